The highest BCUT2D eigenvalue weighted by Crippen LogP contribution is 2.34. The van der Waals surface area contributed by atoms with Crippen LogP contribution in [0.15, 0.2) is 72.8 Å². The highest BCUT2D eigenvalue weighted by Gasteiger charge is 2.17. The summed E-state index contributed by atoms with van der Waals surface area (Å²) < 4.78 is 20.7. The Morgan fingerprint density at radius 1 is 1.06 bits per heavy atom. The van der Waals surface area contributed by atoms with Crippen molar-refractivity contribution in [2.24, 2.45) is 0 Å². The standard InChI is InChI=1S/C24H18ClFN2O3/c1-15-2-11-23(31-14-24(29)30)20(12-15)21-13-22(16-3-7-18(26)8-4-16)28(27-21)19-9-5-17(25)6-10-19/h2-13H,14H2,1H3,(H,29,30). The molecule has 0 saturated heterocycles. The van der Waals surface area contributed by atoms with Gasteiger partial charge in [0.2, 0.25) is 0 Å². The summed E-state index contributed by atoms with van der Waals surface area (Å²) in [6.45, 7) is 1.47. The van der Waals surface area contributed by atoms with Gasteiger partial charge in [0.15, 0.2) is 6.61 Å². The predicted octanol–water partition coefficient (Wildman–Crippen LogP) is 5.77. The maximum Gasteiger partial charge on any atom is 0.341 e. The molecular formula is C24H18ClFN2O3. The van der Waals surface area contributed by atoms with Gasteiger partial charge in [0.25, 0.3) is 0 Å². The largest absolute Gasteiger partial charge is 0.481 e. The third-order valence-corrected chi connectivity index (χ3v) is 4.93. The Kier molecular flexibility index (Phi) is 5.73. The van der Waals surface area contributed by atoms with Gasteiger partial charge in [-0.1, -0.05) is 23.2 Å². The highest BCUT2D eigenvalue weighted by molar-refractivity contribution is 6.30. The predicted molar refractivity (Wildman–Crippen MR) is 117 cm³/mol. The lowest BCUT2D eigenvalue weighted by Crippen LogP contribution is -2.10. The molecule has 1 aromatic heterocycles. The maximum atomic E-state index is 13.5. The van der Waals surface area contributed by atoms with Gasteiger partial charge >= 0.3 is 5.97 Å². The first kappa shape index (κ1) is 20.6. The molecule has 5 nitrogen and oxygen atoms in total. The lowest BCUT2D eigenvalue weighted by atomic mass is 10.1. The van der Waals surface area contributed by atoms with Gasteiger partial charge in [-0.3, -0.25) is 0 Å². The molecule has 0 saturated carbocycles. The zero-order valence-electron chi connectivity index (χ0n) is 16.5. The van der Waals surface area contributed by atoms with Crippen molar-refractivity contribution in [2.75, 3.05) is 6.61 Å². The van der Waals surface area contributed by atoms with Gasteiger partial charge in [-0.05, 0) is 73.7 Å². The number of aryl methyl sites for hydroxylation is 1. The lowest BCUT2D eigenvalue weighted by Gasteiger charge is -2.09. The van der Waals surface area contributed by atoms with Gasteiger partial charge in [-0.15, -0.1) is 0 Å². The van der Waals surface area contributed by atoms with E-state index in [1.54, 1.807) is 35.0 Å². The smallest absolute Gasteiger partial charge is 0.341 e. The van der Waals surface area contributed by atoms with Gasteiger partial charge in [-0.2, -0.15) is 5.10 Å². The molecule has 4 rings (SSSR count). The van der Waals surface area contributed by atoms with Crippen molar-refractivity contribution in [3.63, 3.8) is 0 Å². The van der Waals surface area contributed by atoms with E-state index in [0.29, 0.717) is 22.0 Å². The number of hydrogen-bond acceptors (Lipinski definition) is 3. The van der Waals surface area contributed by atoms with Crippen molar-refractivity contribution in [1.82, 2.24) is 9.78 Å². The van der Waals surface area contributed by atoms with E-state index in [2.05, 4.69) is 0 Å². The second-order valence-electron chi connectivity index (χ2n) is 6.99. The number of benzene rings is 3. The van der Waals surface area contributed by atoms with E-state index < -0.39 is 12.6 Å². The minimum Gasteiger partial charge on any atom is -0.481 e. The quantitative estimate of drug-likeness (QED) is 0.416. The van der Waals surface area contributed by atoms with Crippen LogP contribution in [0.2, 0.25) is 5.02 Å². The van der Waals surface area contributed by atoms with Crippen LogP contribution in [0.3, 0.4) is 0 Å². The summed E-state index contributed by atoms with van der Waals surface area (Å²) in [6, 6.07) is 20.7. The Morgan fingerprint density at radius 2 is 1.77 bits per heavy atom. The SMILES string of the molecule is Cc1ccc(OCC(=O)O)c(-c2cc(-c3ccc(F)cc3)n(-c3ccc(Cl)cc3)n2)c1. The number of rotatable bonds is 6. The number of aliphatic carboxylic acids is 1. The molecule has 0 amide bonds. The van der Waals surface area contributed by atoms with Crippen LogP contribution in [-0.2, 0) is 4.79 Å². The monoisotopic (exact) mass is 436 g/mol. The molecule has 0 bridgehead atoms. The molecule has 156 valence electrons. The summed E-state index contributed by atoms with van der Waals surface area (Å²) in [5.41, 5.74) is 4.52. The second-order valence-corrected chi connectivity index (χ2v) is 7.43. The number of hydrogen-bond donors (Lipinski definition) is 1. The molecule has 1 heterocycles. The summed E-state index contributed by atoms with van der Waals surface area (Å²) in [5, 5.41) is 14.4. The first-order valence-electron chi connectivity index (χ1n) is 9.48. The number of ether oxygens (including phenoxy) is 1. The molecule has 0 aliphatic rings. The minimum absolute atomic E-state index is 0.329. The zero-order valence-corrected chi connectivity index (χ0v) is 17.3. The van der Waals surface area contributed by atoms with Crippen molar-refractivity contribution in [2.45, 2.75) is 6.92 Å². The van der Waals surface area contributed by atoms with E-state index in [9.17, 15) is 9.18 Å². The van der Waals surface area contributed by atoms with Gasteiger partial charge in [-0.25, -0.2) is 13.9 Å². The summed E-state index contributed by atoms with van der Waals surface area (Å²) in [7, 11) is 0. The van der Waals surface area contributed by atoms with Crippen LogP contribution in [0, 0.1) is 12.7 Å². The molecule has 4 aromatic rings. The molecule has 0 fully saturated rings. The first-order valence-corrected chi connectivity index (χ1v) is 9.86. The van der Waals surface area contributed by atoms with Crippen molar-refractivity contribution < 1.29 is 19.0 Å². The molecular weight excluding hydrogens is 419 g/mol. The summed E-state index contributed by atoms with van der Waals surface area (Å²) in [5.74, 6) is -0.978. The fraction of sp³-hybridized carbons (Fsp3) is 0.0833. The Balaban J connectivity index is 1.88. The third kappa shape index (κ3) is 4.59. The van der Waals surface area contributed by atoms with E-state index in [0.717, 1.165) is 22.5 Å². The highest BCUT2D eigenvalue weighted by atomic mass is 35.5. The molecule has 0 unspecified atom stereocenters. The number of carboxylic acid groups (broad SMARTS) is 1. The molecule has 0 atom stereocenters. The van der Waals surface area contributed by atoms with Crippen molar-refractivity contribution in [1.29, 1.82) is 0 Å². The molecule has 0 spiro atoms. The fourth-order valence-electron chi connectivity index (χ4n) is 3.23. The van der Waals surface area contributed by atoms with Crippen LogP contribution in [0.5, 0.6) is 5.75 Å². The van der Waals surface area contributed by atoms with Crippen molar-refractivity contribution >= 4 is 17.6 Å². The summed E-state index contributed by atoms with van der Waals surface area (Å²) in [4.78, 5) is 11.0. The topological polar surface area (TPSA) is 64.3 Å². The molecule has 0 radical (unpaired) electrons. The van der Waals surface area contributed by atoms with Gasteiger partial charge in [0.1, 0.15) is 11.6 Å². The number of carboxylic acids is 1. The number of halogens is 2. The van der Waals surface area contributed by atoms with Gasteiger partial charge < -0.3 is 9.84 Å². The Hall–Kier alpha value is -3.64. The van der Waals surface area contributed by atoms with Crippen molar-refractivity contribution in [3.8, 4) is 34.0 Å². The first-order chi connectivity index (χ1) is 14.9. The third-order valence-electron chi connectivity index (χ3n) is 4.68. The van der Waals surface area contributed by atoms with Crippen molar-refractivity contribution in [3.05, 3.63) is 89.2 Å². The molecule has 7 heteroatoms. The minimum atomic E-state index is -1.06. The summed E-state index contributed by atoms with van der Waals surface area (Å²) >= 11 is 6.04. The van der Waals surface area contributed by atoms with E-state index in [1.165, 1.54) is 12.1 Å². The van der Waals surface area contributed by atoms with E-state index >= 15 is 0 Å². The molecule has 3 aromatic carbocycles. The van der Waals surface area contributed by atoms with Crippen LogP contribution in [0.4, 0.5) is 4.39 Å². The molecule has 31 heavy (non-hydrogen) atoms. The van der Waals surface area contributed by atoms with E-state index in [-0.39, 0.29) is 5.82 Å². The van der Waals surface area contributed by atoms with Crippen LogP contribution in [0.1, 0.15) is 5.56 Å². The zero-order chi connectivity index (χ0) is 22.0. The number of nitrogens with zero attached hydrogens (tertiary/aromatic N) is 2. The number of carbonyl (C=O) groups is 1. The Bertz CT molecular complexity index is 1170. The summed E-state index contributed by atoms with van der Waals surface area (Å²) in [6.07, 6.45) is 0. The lowest BCUT2D eigenvalue weighted by molar-refractivity contribution is -0.139. The second kappa shape index (κ2) is 8.62. The van der Waals surface area contributed by atoms with Crippen LogP contribution in [0.25, 0.3) is 28.2 Å². The average molecular weight is 437 g/mol. The maximum absolute atomic E-state index is 13.5. The van der Waals surface area contributed by atoms with Crippen LogP contribution < -0.4 is 4.74 Å². The van der Waals surface area contributed by atoms with Crippen LogP contribution in [-0.4, -0.2) is 27.5 Å². The average Bonchev–Trinajstić information content (AvgIpc) is 3.19. The fourth-order valence-corrected chi connectivity index (χ4v) is 3.35. The van der Waals surface area contributed by atoms with Gasteiger partial charge in [0, 0.05) is 16.1 Å². The van der Waals surface area contributed by atoms with Gasteiger partial charge in [0.05, 0.1) is 17.1 Å². The normalized spacial score (nSPS) is 10.8. The van der Waals surface area contributed by atoms with E-state index in [1.807, 2.05) is 37.3 Å². The van der Waals surface area contributed by atoms with Crippen LogP contribution >= 0.6 is 11.6 Å². The molecule has 1 N–H and O–H groups in total. The Labute approximate surface area is 183 Å². The number of aromatic nitrogens is 2. The molecule has 0 aliphatic heterocycles. The van der Waals surface area contributed by atoms with E-state index in [4.69, 9.17) is 26.5 Å². The molecule has 0 aliphatic carbocycles. The Morgan fingerprint density at radius 3 is 2.45 bits per heavy atom.